The minimum Gasteiger partial charge on any atom is -0.495 e. The van der Waals surface area contributed by atoms with Crippen molar-refractivity contribution in [2.75, 3.05) is 42.1 Å². The summed E-state index contributed by atoms with van der Waals surface area (Å²) >= 11 is 13.0. The summed E-state index contributed by atoms with van der Waals surface area (Å²) in [7, 11) is 4.56. The van der Waals surface area contributed by atoms with Gasteiger partial charge in [-0.15, -0.1) is 0 Å². The number of methoxy groups -OCH3 is 2. The van der Waals surface area contributed by atoms with Crippen molar-refractivity contribution in [2.45, 2.75) is 6.54 Å². The Morgan fingerprint density at radius 1 is 1.12 bits per heavy atom. The summed E-state index contributed by atoms with van der Waals surface area (Å²) in [5, 5.41) is 3.47. The second kappa shape index (κ2) is 8.60. The number of ether oxygens (including phenoxy) is 2. The summed E-state index contributed by atoms with van der Waals surface area (Å²) in [6.45, 7) is 0.155. The van der Waals surface area contributed by atoms with Gasteiger partial charge in [0.15, 0.2) is 0 Å². The van der Waals surface area contributed by atoms with Crippen LogP contribution in [0.2, 0.25) is 10.0 Å². The fourth-order valence-electron chi connectivity index (χ4n) is 3.39. The molecule has 32 heavy (non-hydrogen) atoms. The van der Waals surface area contributed by atoms with Gasteiger partial charge in [0.1, 0.15) is 27.4 Å². The van der Waals surface area contributed by atoms with Gasteiger partial charge < -0.3 is 20.5 Å². The van der Waals surface area contributed by atoms with E-state index in [-0.39, 0.29) is 28.3 Å². The van der Waals surface area contributed by atoms with Crippen LogP contribution in [-0.4, -0.2) is 37.3 Å². The molecule has 2 amide bonds. The van der Waals surface area contributed by atoms with Crippen molar-refractivity contribution in [1.82, 2.24) is 9.97 Å². The third-order valence-corrected chi connectivity index (χ3v) is 5.76. The molecule has 2 heterocycles. The van der Waals surface area contributed by atoms with Gasteiger partial charge >= 0.3 is 6.03 Å². The molecule has 1 aromatic heterocycles. The number of nitrogens with two attached hydrogens (primary N) is 1. The third kappa shape index (κ3) is 3.69. The highest BCUT2D eigenvalue weighted by Gasteiger charge is 2.34. The lowest BCUT2D eigenvalue weighted by Crippen LogP contribution is -2.46. The molecule has 0 saturated heterocycles. The Labute approximate surface area is 194 Å². The number of nitrogens with zero attached hydrogens (tertiary/aromatic N) is 4. The molecule has 0 spiro atoms. The van der Waals surface area contributed by atoms with Crippen LogP contribution in [0.5, 0.6) is 11.5 Å². The second-order valence-corrected chi connectivity index (χ2v) is 7.70. The quantitative estimate of drug-likeness (QED) is 0.515. The molecule has 2 aromatic carbocycles. The lowest BCUT2D eigenvalue weighted by atomic mass is 10.2. The first-order valence-corrected chi connectivity index (χ1v) is 10.2. The smallest absolute Gasteiger partial charge is 0.330 e. The highest BCUT2D eigenvalue weighted by molar-refractivity contribution is 6.42. The molecule has 0 fully saturated rings. The van der Waals surface area contributed by atoms with Crippen LogP contribution >= 0.6 is 23.2 Å². The first-order valence-electron chi connectivity index (χ1n) is 9.48. The Morgan fingerprint density at radius 3 is 2.41 bits per heavy atom. The number of para-hydroxylation sites is 2. The highest BCUT2D eigenvalue weighted by Crippen LogP contribution is 2.47. The summed E-state index contributed by atoms with van der Waals surface area (Å²) in [5.74, 6) is 1.44. The van der Waals surface area contributed by atoms with E-state index in [1.807, 2.05) is 18.2 Å². The third-order valence-electron chi connectivity index (χ3n) is 5.03. The molecule has 0 bridgehead atoms. The fourth-order valence-corrected chi connectivity index (χ4v) is 4.09. The zero-order valence-electron chi connectivity index (χ0n) is 17.5. The summed E-state index contributed by atoms with van der Waals surface area (Å²) in [4.78, 5) is 25.0. The number of fused-ring (bicyclic) bond motifs is 1. The lowest BCUT2D eigenvalue weighted by molar-refractivity contribution is 0.251. The summed E-state index contributed by atoms with van der Waals surface area (Å²) in [5.41, 5.74) is 8.19. The lowest BCUT2D eigenvalue weighted by Gasteiger charge is -2.35. The van der Waals surface area contributed by atoms with Crippen molar-refractivity contribution in [3.63, 3.8) is 0 Å². The Kier molecular flexibility index (Phi) is 5.86. The van der Waals surface area contributed by atoms with E-state index in [9.17, 15) is 4.79 Å². The number of benzene rings is 2. The van der Waals surface area contributed by atoms with Crippen LogP contribution in [0.15, 0.2) is 36.5 Å². The van der Waals surface area contributed by atoms with E-state index in [4.69, 9.17) is 38.4 Å². The van der Waals surface area contributed by atoms with Crippen molar-refractivity contribution in [1.29, 1.82) is 0 Å². The number of carbonyl (C=O) groups excluding carboxylic acids is 1. The maximum Gasteiger partial charge on any atom is 0.330 e. The molecule has 0 atom stereocenters. The van der Waals surface area contributed by atoms with E-state index < -0.39 is 0 Å². The summed E-state index contributed by atoms with van der Waals surface area (Å²) in [6, 6.07) is 8.45. The van der Waals surface area contributed by atoms with Crippen LogP contribution in [0.3, 0.4) is 0 Å². The normalized spacial score (nSPS) is 13.1. The molecule has 9 nitrogen and oxygen atoms in total. The monoisotopic (exact) mass is 474 g/mol. The average Bonchev–Trinajstić information content (AvgIpc) is 2.79. The van der Waals surface area contributed by atoms with Gasteiger partial charge in [-0.05, 0) is 12.1 Å². The number of aromatic nitrogens is 2. The van der Waals surface area contributed by atoms with Crippen molar-refractivity contribution in [3.05, 3.63) is 52.1 Å². The number of hydrogen-bond donors (Lipinski definition) is 2. The molecular weight excluding hydrogens is 455 g/mol. The maximum absolute atomic E-state index is 13.3. The molecule has 0 unspecified atom stereocenters. The SMILES string of the molecule is COc1cc(OC)c(Cl)c(N2Cc3cnc(Nc4ccccc4N)nc3N(C)C2=O)c1Cl. The fraction of sp³-hybridized carbons (Fsp3) is 0.190. The number of urea groups is 1. The van der Waals surface area contributed by atoms with E-state index in [2.05, 4.69) is 15.3 Å². The van der Waals surface area contributed by atoms with Crippen molar-refractivity contribution in [3.8, 4) is 11.5 Å². The standard InChI is InChI=1S/C21H20Cl2N6O3/c1-28-19-11(9-25-20(27-19)26-13-7-5-4-6-12(13)24)10-29(21(28)30)18-16(22)14(31-2)8-15(32-3)17(18)23/h4-9H,10,24H2,1-3H3,(H,25,26,27). The summed E-state index contributed by atoms with van der Waals surface area (Å²) in [6.07, 6.45) is 1.64. The Hall–Kier alpha value is -3.43. The Morgan fingerprint density at radius 2 is 1.78 bits per heavy atom. The van der Waals surface area contributed by atoms with E-state index in [0.717, 1.165) is 0 Å². The Bertz CT molecular complexity index is 1180. The number of anilines is 5. The highest BCUT2D eigenvalue weighted by atomic mass is 35.5. The molecule has 166 valence electrons. The zero-order chi connectivity index (χ0) is 23.0. The number of carbonyl (C=O) groups is 1. The second-order valence-electron chi connectivity index (χ2n) is 6.94. The van der Waals surface area contributed by atoms with Crippen molar-refractivity contribution in [2.24, 2.45) is 0 Å². The number of nitrogen functional groups attached to an aromatic ring is 1. The number of nitrogens with one attached hydrogen (secondary N) is 1. The largest absolute Gasteiger partial charge is 0.495 e. The van der Waals surface area contributed by atoms with Gasteiger partial charge in [-0.1, -0.05) is 35.3 Å². The zero-order valence-corrected chi connectivity index (χ0v) is 19.0. The predicted octanol–water partition coefficient (Wildman–Crippen LogP) is 4.70. The molecule has 3 N–H and O–H groups in total. The topological polar surface area (TPSA) is 106 Å². The van der Waals surface area contributed by atoms with Gasteiger partial charge in [-0.25, -0.2) is 9.78 Å². The number of hydrogen-bond acceptors (Lipinski definition) is 7. The minimum atomic E-state index is -0.375. The van der Waals surface area contributed by atoms with Gasteiger partial charge in [0, 0.05) is 24.9 Å². The van der Waals surface area contributed by atoms with Crippen molar-refractivity contribution < 1.29 is 14.3 Å². The summed E-state index contributed by atoms with van der Waals surface area (Å²) < 4.78 is 10.6. The molecule has 0 aliphatic carbocycles. The van der Waals surface area contributed by atoms with E-state index in [1.165, 1.54) is 24.0 Å². The van der Waals surface area contributed by atoms with Crippen molar-refractivity contribution >= 4 is 58.1 Å². The number of rotatable bonds is 5. The van der Waals surface area contributed by atoms with Crippen LogP contribution in [0, 0.1) is 0 Å². The van der Waals surface area contributed by atoms with Crippen LogP contribution in [-0.2, 0) is 6.54 Å². The average molecular weight is 475 g/mol. The number of amides is 2. The van der Waals surface area contributed by atoms with Crippen LogP contribution in [0.4, 0.5) is 33.6 Å². The molecule has 11 heteroatoms. The van der Waals surface area contributed by atoms with Gasteiger partial charge in [-0.2, -0.15) is 4.98 Å². The molecule has 1 aliphatic heterocycles. The van der Waals surface area contributed by atoms with Crippen LogP contribution < -0.4 is 30.3 Å². The van der Waals surface area contributed by atoms with E-state index >= 15 is 0 Å². The molecule has 3 aromatic rings. The Balaban J connectivity index is 1.73. The molecule has 4 rings (SSSR count). The van der Waals surface area contributed by atoms with Crippen LogP contribution in [0.1, 0.15) is 5.56 Å². The van der Waals surface area contributed by atoms with Gasteiger partial charge in [0.2, 0.25) is 5.95 Å². The first-order chi connectivity index (χ1) is 15.3. The van der Waals surface area contributed by atoms with Gasteiger partial charge in [0.05, 0.1) is 37.8 Å². The predicted molar refractivity (Wildman–Crippen MR) is 126 cm³/mol. The van der Waals surface area contributed by atoms with E-state index in [0.29, 0.717) is 40.2 Å². The molecule has 0 radical (unpaired) electrons. The number of halogens is 2. The van der Waals surface area contributed by atoms with E-state index in [1.54, 1.807) is 25.4 Å². The van der Waals surface area contributed by atoms with Crippen LogP contribution in [0.25, 0.3) is 0 Å². The van der Waals surface area contributed by atoms with Gasteiger partial charge in [0.25, 0.3) is 0 Å². The van der Waals surface area contributed by atoms with Gasteiger partial charge in [-0.3, -0.25) is 9.80 Å². The molecule has 0 saturated carbocycles. The molecular formula is C21H20Cl2N6O3. The first kappa shape index (κ1) is 21.8. The molecule has 1 aliphatic rings. The minimum absolute atomic E-state index is 0.155. The maximum atomic E-state index is 13.3.